The highest BCUT2D eigenvalue weighted by atomic mass is 32.1. The van der Waals surface area contributed by atoms with Gasteiger partial charge in [0.2, 0.25) is 0 Å². The van der Waals surface area contributed by atoms with E-state index in [1.807, 2.05) is 26.4 Å². The Labute approximate surface area is 215 Å². The molecule has 1 aliphatic heterocycles. The van der Waals surface area contributed by atoms with Crippen LogP contribution in [0.5, 0.6) is 5.75 Å². The maximum atomic E-state index is 6.26. The lowest BCUT2D eigenvalue weighted by Gasteiger charge is -2.25. The van der Waals surface area contributed by atoms with E-state index in [-0.39, 0.29) is 0 Å². The molecule has 4 heterocycles. The van der Waals surface area contributed by atoms with Crippen molar-refractivity contribution in [2.24, 2.45) is 0 Å². The third-order valence-electron chi connectivity index (χ3n) is 6.26. The molecule has 0 atom stereocenters. The Morgan fingerprint density at radius 1 is 1.17 bits per heavy atom. The van der Waals surface area contributed by atoms with Crippen LogP contribution in [-0.2, 0) is 19.5 Å². The van der Waals surface area contributed by atoms with E-state index in [0.29, 0.717) is 24.8 Å². The number of hydrogen-bond donors (Lipinski definition) is 1. The molecule has 0 fully saturated rings. The molecule has 0 radical (unpaired) electrons. The zero-order chi connectivity index (χ0) is 25.4. The zero-order valence-electron chi connectivity index (χ0n) is 21.2. The third-order valence-corrected chi connectivity index (χ3v) is 7.07. The lowest BCUT2D eigenvalue weighted by Crippen LogP contribution is -2.29. The van der Waals surface area contributed by atoms with Crippen LogP contribution in [0, 0.1) is 13.8 Å². The van der Waals surface area contributed by atoms with Crippen molar-refractivity contribution < 1.29 is 4.74 Å². The molecule has 0 amide bonds. The van der Waals surface area contributed by atoms with Gasteiger partial charge in [-0.25, -0.2) is 19.9 Å². The first-order valence-electron chi connectivity index (χ1n) is 12.0. The zero-order valence-corrected chi connectivity index (χ0v) is 22.0. The summed E-state index contributed by atoms with van der Waals surface area (Å²) in [5.74, 6) is 2.72. The fraction of sp³-hybridized carbons (Fsp3) is 0.333. The Morgan fingerprint density at radius 2 is 2.00 bits per heavy atom. The number of pyridine rings is 1. The number of nitrogens with zero attached hydrogens (tertiary/aromatic N) is 6. The number of fused-ring (bicyclic) bond motifs is 2. The quantitative estimate of drug-likeness (QED) is 0.385. The van der Waals surface area contributed by atoms with Crippen LogP contribution >= 0.6 is 11.3 Å². The van der Waals surface area contributed by atoms with Gasteiger partial charge in [0.1, 0.15) is 34.3 Å². The first-order valence-corrected chi connectivity index (χ1v) is 12.8. The van der Waals surface area contributed by atoms with Crippen LogP contribution in [0.3, 0.4) is 0 Å². The summed E-state index contributed by atoms with van der Waals surface area (Å²) in [5, 5.41) is 0.529. The normalized spacial score (nSPS) is 13.5. The van der Waals surface area contributed by atoms with Crippen molar-refractivity contribution in [3.63, 3.8) is 0 Å². The van der Waals surface area contributed by atoms with E-state index in [1.165, 1.54) is 11.3 Å². The highest BCUT2D eigenvalue weighted by molar-refractivity contribution is 7.21. The van der Waals surface area contributed by atoms with Crippen LogP contribution in [0.4, 0.5) is 10.9 Å². The van der Waals surface area contributed by atoms with Crippen molar-refractivity contribution >= 4 is 32.6 Å². The monoisotopic (exact) mass is 501 g/mol. The van der Waals surface area contributed by atoms with E-state index in [0.717, 1.165) is 74.2 Å². The summed E-state index contributed by atoms with van der Waals surface area (Å²) < 4.78 is 6.26. The molecule has 0 unspecified atom stereocenters. The smallest absolute Gasteiger partial charge is 0.182 e. The molecule has 0 aliphatic carbocycles. The first kappa shape index (κ1) is 24.1. The van der Waals surface area contributed by atoms with Crippen molar-refractivity contribution in [1.82, 2.24) is 24.8 Å². The number of aryl methyl sites for hydroxylation is 2. The van der Waals surface area contributed by atoms with Crippen molar-refractivity contribution in [1.29, 1.82) is 0 Å². The molecule has 1 aliphatic rings. The SMILES string of the molecule is C=CCc1c(C)nc(CN(C)C)nc1N1CCOc2c(C)cc(-c3cnc4sc(N)nc4c3)cc2C1. The lowest BCUT2D eigenvalue weighted by atomic mass is 9.99. The highest BCUT2D eigenvalue weighted by Crippen LogP contribution is 2.36. The fourth-order valence-corrected chi connectivity index (χ4v) is 5.35. The van der Waals surface area contributed by atoms with Gasteiger partial charge in [-0.05, 0) is 63.7 Å². The standard InChI is InChI=1S/C27H31N7OS/c1-6-7-21-17(3)30-23(15-33(4)5)32-25(21)34-8-9-35-24-16(2)10-18(11-20(24)14-34)19-12-22-26(29-13-19)36-27(28)31-22/h6,10-13H,1,7-9,14-15H2,2-5H3,(H2,28,31). The fourth-order valence-electron chi connectivity index (χ4n) is 4.69. The van der Waals surface area contributed by atoms with Crippen molar-refractivity contribution in [3.05, 3.63) is 65.3 Å². The molecule has 9 heteroatoms. The van der Waals surface area contributed by atoms with Crippen LogP contribution in [0.15, 0.2) is 37.1 Å². The maximum Gasteiger partial charge on any atom is 0.182 e. The van der Waals surface area contributed by atoms with Crippen LogP contribution in [0.2, 0.25) is 0 Å². The Morgan fingerprint density at radius 3 is 2.78 bits per heavy atom. The number of rotatable bonds is 6. The minimum absolute atomic E-state index is 0.529. The minimum atomic E-state index is 0.529. The van der Waals surface area contributed by atoms with Crippen molar-refractivity contribution in [3.8, 4) is 16.9 Å². The van der Waals surface area contributed by atoms with Gasteiger partial charge in [-0.1, -0.05) is 17.4 Å². The third kappa shape index (κ3) is 4.76. The van der Waals surface area contributed by atoms with E-state index in [4.69, 9.17) is 20.4 Å². The number of benzene rings is 1. The van der Waals surface area contributed by atoms with Crippen LogP contribution in [0.1, 0.15) is 28.2 Å². The average Bonchev–Trinajstić information content (AvgIpc) is 3.05. The molecule has 36 heavy (non-hydrogen) atoms. The number of aromatic nitrogens is 4. The van der Waals surface area contributed by atoms with Gasteiger partial charge in [-0.15, -0.1) is 6.58 Å². The molecule has 1 aromatic carbocycles. The molecule has 0 saturated carbocycles. The van der Waals surface area contributed by atoms with E-state index < -0.39 is 0 Å². The van der Waals surface area contributed by atoms with Crippen molar-refractivity contribution in [2.75, 3.05) is 37.9 Å². The topological polar surface area (TPSA) is 93.3 Å². The largest absolute Gasteiger partial charge is 0.491 e. The number of hydrogen-bond acceptors (Lipinski definition) is 9. The van der Waals surface area contributed by atoms with E-state index in [2.05, 4.69) is 58.4 Å². The van der Waals surface area contributed by atoms with E-state index >= 15 is 0 Å². The van der Waals surface area contributed by atoms with E-state index in [1.54, 1.807) is 0 Å². The summed E-state index contributed by atoms with van der Waals surface area (Å²) in [5.41, 5.74) is 13.1. The Bertz CT molecular complexity index is 1450. The number of nitrogens with two attached hydrogens (primary N) is 1. The lowest BCUT2D eigenvalue weighted by molar-refractivity contribution is 0.329. The number of allylic oxidation sites excluding steroid dienone is 1. The number of thiazole rings is 1. The van der Waals surface area contributed by atoms with Crippen molar-refractivity contribution in [2.45, 2.75) is 33.4 Å². The summed E-state index contributed by atoms with van der Waals surface area (Å²) in [7, 11) is 4.06. The van der Waals surface area contributed by atoms with Gasteiger partial charge in [-0.2, -0.15) is 0 Å². The van der Waals surface area contributed by atoms with E-state index in [9.17, 15) is 0 Å². The number of ether oxygens (including phenoxy) is 1. The van der Waals surface area contributed by atoms with Crippen LogP contribution < -0.4 is 15.4 Å². The summed E-state index contributed by atoms with van der Waals surface area (Å²) in [4.78, 5) is 24.0. The second kappa shape index (κ2) is 9.83. The molecule has 4 aromatic rings. The van der Waals surface area contributed by atoms with Gasteiger partial charge >= 0.3 is 0 Å². The second-order valence-electron chi connectivity index (χ2n) is 9.41. The summed E-state index contributed by atoms with van der Waals surface area (Å²) >= 11 is 1.40. The summed E-state index contributed by atoms with van der Waals surface area (Å²) in [6, 6.07) is 6.40. The molecule has 0 saturated heterocycles. The molecule has 2 N–H and O–H groups in total. The van der Waals surface area contributed by atoms with Gasteiger partial charge in [0.15, 0.2) is 5.13 Å². The van der Waals surface area contributed by atoms with Gasteiger partial charge in [0.25, 0.3) is 0 Å². The Kier molecular flexibility index (Phi) is 6.59. The summed E-state index contributed by atoms with van der Waals surface area (Å²) in [6.07, 6.45) is 4.52. The summed E-state index contributed by atoms with van der Waals surface area (Å²) in [6.45, 7) is 10.8. The number of nitrogen functional groups attached to an aromatic ring is 1. The average molecular weight is 502 g/mol. The predicted molar refractivity (Wildman–Crippen MR) is 147 cm³/mol. The number of anilines is 2. The maximum absolute atomic E-state index is 6.26. The first-order chi connectivity index (χ1) is 17.3. The molecule has 8 nitrogen and oxygen atoms in total. The molecule has 0 bridgehead atoms. The molecule has 5 rings (SSSR count). The predicted octanol–water partition coefficient (Wildman–Crippen LogP) is 4.54. The van der Waals surface area contributed by atoms with Crippen LogP contribution in [0.25, 0.3) is 21.5 Å². The minimum Gasteiger partial charge on any atom is -0.491 e. The van der Waals surface area contributed by atoms with Gasteiger partial charge < -0.3 is 20.3 Å². The molecular formula is C27H31N7OS. The molecule has 186 valence electrons. The second-order valence-corrected chi connectivity index (χ2v) is 10.4. The molecule has 0 spiro atoms. The van der Waals surface area contributed by atoms with Gasteiger partial charge in [0.05, 0.1) is 13.1 Å². The van der Waals surface area contributed by atoms with Crippen LogP contribution in [-0.4, -0.2) is 52.1 Å². The molecule has 3 aromatic heterocycles. The van der Waals surface area contributed by atoms with Gasteiger partial charge in [0, 0.05) is 35.1 Å². The van der Waals surface area contributed by atoms with Gasteiger partial charge in [-0.3, -0.25) is 0 Å². The molecular weight excluding hydrogens is 470 g/mol. The highest BCUT2D eigenvalue weighted by Gasteiger charge is 2.23. The Hall–Kier alpha value is -3.56. The Balaban J connectivity index is 1.56.